The number of sulfonamides is 1. The summed E-state index contributed by atoms with van der Waals surface area (Å²) in [6, 6.07) is 6.59. The van der Waals surface area contributed by atoms with Gasteiger partial charge in [0.2, 0.25) is 10.0 Å². The number of thiazole rings is 1. The molecule has 22 heavy (non-hydrogen) atoms. The van der Waals surface area contributed by atoms with Gasteiger partial charge in [0.1, 0.15) is 5.75 Å². The van der Waals surface area contributed by atoms with Crippen LogP contribution in [0.5, 0.6) is 5.75 Å². The first-order valence-electron chi connectivity index (χ1n) is 7.27. The van der Waals surface area contributed by atoms with Crippen molar-refractivity contribution in [3.63, 3.8) is 0 Å². The molecule has 2 aromatic rings. The molecule has 0 amide bonds. The van der Waals surface area contributed by atoms with Gasteiger partial charge in [0, 0.05) is 5.38 Å². The first-order valence-corrected chi connectivity index (χ1v) is 9.69. The van der Waals surface area contributed by atoms with Crippen molar-refractivity contribution in [1.29, 1.82) is 0 Å². The van der Waals surface area contributed by atoms with Gasteiger partial charge < -0.3 is 4.74 Å². The number of nitrogens with one attached hydrogen (secondary N) is 1. The second kappa shape index (κ2) is 6.76. The fraction of sp³-hybridized carbons (Fsp3) is 0.400. The summed E-state index contributed by atoms with van der Waals surface area (Å²) in [5.41, 5.74) is 2.40. The summed E-state index contributed by atoms with van der Waals surface area (Å²) in [5, 5.41) is 1.82. The molecule has 0 radical (unpaired) electrons. The fourth-order valence-corrected chi connectivity index (χ4v) is 4.03. The molecule has 1 saturated carbocycles. The Hall–Kier alpha value is -1.44. The minimum absolute atomic E-state index is 0.201. The number of rotatable bonds is 6. The monoisotopic (exact) mass is 338 g/mol. The lowest BCUT2D eigenvalue weighted by atomic mass is 10.3. The zero-order chi connectivity index (χ0) is 15.4. The van der Waals surface area contributed by atoms with E-state index in [4.69, 9.17) is 4.74 Å². The van der Waals surface area contributed by atoms with Gasteiger partial charge in [-0.05, 0) is 49.9 Å². The largest absolute Gasteiger partial charge is 0.490 e. The SMILES string of the molecule is O=S(=O)(NCc1cscn1)c1ccc(OC2CCCC2)cc1. The van der Waals surface area contributed by atoms with Gasteiger partial charge in [0.15, 0.2) is 0 Å². The molecule has 0 aliphatic heterocycles. The van der Waals surface area contributed by atoms with E-state index in [9.17, 15) is 8.42 Å². The lowest BCUT2D eigenvalue weighted by Crippen LogP contribution is -2.23. The van der Waals surface area contributed by atoms with Crippen LogP contribution in [0.3, 0.4) is 0 Å². The maximum atomic E-state index is 12.2. The molecule has 0 bridgehead atoms. The minimum Gasteiger partial charge on any atom is -0.490 e. The zero-order valence-electron chi connectivity index (χ0n) is 12.1. The fourth-order valence-electron chi connectivity index (χ4n) is 2.47. The molecule has 0 atom stereocenters. The molecule has 5 nitrogen and oxygen atoms in total. The van der Waals surface area contributed by atoms with Gasteiger partial charge in [0.25, 0.3) is 0 Å². The Morgan fingerprint density at radius 1 is 1.23 bits per heavy atom. The highest BCUT2D eigenvalue weighted by Gasteiger charge is 2.18. The Morgan fingerprint density at radius 2 is 1.95 bits per heavy atom. The van der Waals surface area contributed by atoms with E-state index in [-0.39, 0.29) is 17.5 Å². The number of nitrogens with zero attached hydrogens (tertiary/aromatic N) is 1. The lowest BCUT2D eigenvalue weighted by Gasteiger charge is -2.13. The van der Waals surface area contributed by atoms with E-state index in [1.165, 1.54) is 24.2 Å². The summed E-state index contributed by atoms with van der Waals surface area (Å²) in [7, 11) is -3.52. The molecule has 3 rings (SSSR count). The zero-order valence-corrected chi connectivity index (χ0v) is 13.7. The van der Waals surface area contributed by atoms with Crippen molar-refractivity contribution in [1.82, 2.24) is 9.71 Å². The summed E-state index contributed by atoms with van der Waals surface area (Å²) in [6.07, 6.45) is 4.84. The van der Waals surface area contributed by atoms with Crippen LogP contribution in [0.2, 0.25) is 0 Å². The minimum atomic E-state index is -3.52. The Bertz CT molecular complexity index is 691. The number of hydrogen-bond donors (Lipinski definition) is 1. The van der Waals surface area contributed by atoms with Crippen LogP contribution in [0.1, 0.15) is 31.4 Å². The topological polar surface area (TPSA) is 68.3 Å². The van der Waals surface area contributed by atoms with Gasteiger partial charge in [-0.1, -0.05) is 0 Å². The van der Waals surface area contributed by atoms with E-state index in [1.54, 1.807) is 29.8 Å². The van der Waals surface area contributed by atoms with Crippen molar-refractivity contribution in [3.05, 3.63) is 40.8 Å². The van der Waals surface area contributed by atoms with Crippen molar-refractivity contribution < 1.29 is 13.2 Å². The summed E-state index contributed by atoms with van der Waals surface area (Å²) >= 11 is 1.44. The molecule has 1 N–H and O–H groups in total. The smallest absolute Gasteiger partial charge is 0.240 e. The van der Waals surface area contributed by atoms with Crippen molar-refractivity contribution in [2.45, 2.75) is 43.2 Å². The molecule has 1 heterocycles. The standard InChI is InChI=1S/C15H18N2O3S2/c18-22(19,17-9-12-10-21-11-16-12)15-7-5-14(6-8-15)20-13-3-1-2-4-13/h5-8,10-11,13,17H,1-4,9H2. The van der Waals surface area contributed by atoms with E-state index >= 15 is 0 Å². The van der Waals surface area contributed by atoms with Gasteiger partial charge in [-0.2, -0.15) is 0 Å². The Kier molecular flexibility index (Phi) is 4.75. The van der Waals surface area contributed by atoms with Gasteiger partial charge in [0.05, 0.1) is 28.7 Å². The van der Waals surface area contributed by atoms with Gasteiger partial charge in [-0.25, -0.2) is 18.1 Å². The molecule has 0 unspecified atom stereocenters. The van der Waals surface area contributed by atoms with Gasteiger partial charge >= 0.3 is 0 Å². The third kappa shape index (κ3) is 3.85. The normalized spacial score (nSPS) is 16.0. The number of aromatic nitrogens is 1. The van der Waals surface area contributed by atoms with Crippen LogP contribution in [0.4, 0.5) is 0 Å². The van der Waals surface area contributed by atoms with Crippen LogP contribution in [0.25, 0.3) is 0 Å². The third-order valence-corrected chi connectivity index (χ3v) is 5.72. The molecule has 7 heteroatoms. The summed E-state index contributed by atoms with van der Waals surface area (Å²) < 4.78 is 32.8. The van der Waals surface area contributed by atoms with Crippen LogP contribution < -0.4 is 9.46 Å². The highest BCUT2D eigenvalue weighted by atomic mass is 32.2. The maximum Gasteiger partial charge on any atom is 0.240 e. The number of benzene rings is 1. The Balaban J connectivity index is 1.63. The molecule has 1 fully saturated rings. The first kappa shape index (κ1) is 15.5. The van der Waals surface area contributed by atoms with Crippen LogP contribution in [0, 0.1) is 0 Å². The molecule has 1 aromatic heterocycles. The van der Waals surface area contributed by atoms with E-state index in [1.807, 2.05) is 5.38 Å². The van der Waals surface area contributed by atoms with Crippen molar-refractivity contribution in [2.24, 2.45) is 0 Å². The van der Waals surface area contributed by atoms with Gasteiger partial charge in [-0.15, -0.1) is 11.3 Å². The highest BCUT2D eigenvalue weighted by Crippen LogP contribution is 2.24. The summed E-state index contributed by atoms with van der Waals surface area (Å²) in [4.78, 5) is 4.29. The van der Waals surface area contributed by atoms with Crippen LogP contribution in [-0.2, 0) is 16.6 Å². The van der Waals surface area contributed by atoms with E-state index in [0.717, 1.165) is 24.3 Å². The van der Waals surface area contributed by atoms with Crippen molar-refractivity contribution in [2.75, 3.05) is 0 Å². The lowest BCUT2D eigenvalue weighted by molar-refractivity contribution is 0.210. The molecule has 0 saturated heterocycles. The molecule has 1 aromatic carbocycles. The predicted octanol–water partition coefficient (Wildman–Crippen LogP) is 2.94. The van der Waals surface area contributed by atoms with E-state index in [2.05, 4.69) is 9.71 Å². The summed E-state index contributed by atoms with van der Waals surface area (Å²) in [6.45, 7) is 0.201. The molecular weight excluding hydrogens is 320 g/mol. The third-order valence-electron chi connectivity index (χ3n) is 3.67. The van der Waals surface area contributed by atoms with Crippen LogP contribution >= 0.6 is 11.3 Å². The molecule has 0 spiro atoms. The quantitative estimate of drug-likeness (QED) is 0.879. The average molecular weight is 338 g/mol. The second-order valence-corrected chi connectivity index (χ2v) is 7.79. The van der Waals surface area contributed by atoms with E-state index in [0.29, 0.717) is 0 Å². The van der Waals surface area contributed by atoms with E-state index < -0.39 is 10.0 Å². The first-order chi connectivity index (χ1) is 10.6. The Morgan fingerprint density at radius 3 is 2.59 bits per heavy atom. The molecule has 1 aliphatic carbocycles. The summed E-state index contributed by atoms with van der Waals surface area (Å²) in [5.74, 6) is 0.727. The molecular formula is C15H18N2O3S2. The maximum absolute atomic E-state index is 12.2. The van der Waals surface area contributed by atoms with Crippen LogP contribution in [-0.4, -0.2) is 19.5 Å². The van der Waals surface area contributed by atoms with Crippen molar-refractivity contribution >= 4 is 21.4 Å². The van der Waals surface area contributed by atoms with Crippen LogP contribution in [0.15, 0.2) is 40.1 Å². The van der Waals surface area contributed by atoms with Gasteiger partial charge in [-0.3, -0.25) is 0 Å². The second-order valence-electron chi connectivity index (χ2n) is 5.30. The molecule has 1 aliphatic rings. The number of hydrogen-bond acceptors (Lipinski definition) is 5. The molecule has 118 valence electrons. The predicted molar refractivity (Wildman–Crippen MR) is 85.5 cm³/mol. The number of ether oxygens (including phenoxy) is 1. The highest BCUT2D eigenvalue weighted by molar-refractivity contribution is 7.89. The van der Waals surface area contributed by atoms with Crippen molar-refractivity contribution in [3.8, 4) is 5.75 Å². The Labute approximate surface area is 134 Å². The average Bonchev–Trinajstić information content (AvgIpc) is 3.19.